The molecule has 1 aliphatic rings. The molecule has 5 nitrogen and oxygen atoms in total. The van der Waals surface area contributed by atoms with Crippen LogP contribution in [0.15, 0.2) is 28.5 Å². The molecule has 15 heavy (non-hydrogen) atoms. The van der Waals surface area contributed by atoms with Crippen molar-refractivity contribution in [1.29, 1.82) is 5.26 Å². The third kappa shape index (κ3) is 2.82. The molecule has 0 bridgehead atoms. The molecule has 0 spiro atoms. The number of esters is 1. The van der Waals surface area contributed by atoms with Gasteiger partial charge in [0, 0.05) is 0 Å². The van der Waals surface area contributed by atoms with Crippen LogP contribution in [-0.4, -0.2) is 17.7 Å². The maximum atomic E-state index is 11.3. The number of rotatable bonds is 2. The lowest BCUT2D eigenvalue weighted by Crippen LogP contribution is -2.17. The Balaban J connectivity index is 2.93. The zero-order chi connectivity index (χ0) is 11.3. The standard InChI is InChI=1S/C9H8ClN3O2/c1-2-15-9(14)6(5-11)7-3-4-8(10)13-12-7/h3-4,12H,2H2,1H3. The molecule has 78 valence electrons. The summed E-state index contributed by atoms with van der Waals surface area (Å²) in [6.45, 7) is 1.88. The summed E-state index contributed by atoms with van der Waals surface area (Å²) in [5, 5.41) is 12.7. The molecule has 0 saturated carbocycles. The third-order valence-corrected chi connectivity index (χ3v) is 1.74. The second-order valence-electron chi connectivity index (χ2n) is 2.50. The summed E-state index contributed by atoms with van der Waals surface area (Å²) in [5.41, 5.74) is 2.64. The van der Waals surface area contributed by atoms with E-state index in [-0.39, 0.29) is 23.0 Å². The fraction of sp³-hybridized carbons (Fsp3) is 0.222. The van der Waals surface area contributed by atoms with Crippen LogP contribution in [0.1, 0.15) is 6.92 Å². The molecule has 0 aromatic carbocycles. The molecule has 0 atom stereocenters. The molecule has 1 heterocycles. The van der Waals surface area contributed by atoms with E-state index in [9.17, 15) is 4.79 Å². The number of ether oxygens (including phenoxy) is 1. The van der Waals surface area contributed by atoms with Crippen molar-refractivity contribution in [3.05, 3.63) is 23.4 Å². The smallest absolute Gasteiger partial charge is 0.351 e. The van der Waals surface area contributed by atoms with Crippen molar-refractivity contribution in [3.63, 3.8) is 0 Å². The van der Waals surface area contributed by atoms with Gasteiger partial charge < -0.3 is 4.74 Å². The quantitative estimate of drug-likeness (QED) is 0.433. The van der Waals surface area contributed by atoms with Crippen molar-refractivity contribution in [1.82, 2.24) is 5.43 Å². The minimum atomic E-state index is -0.680. The van der Waals surface area contributed by atoms with Gasteiger partial charge in [-0.3, -0.25) is 5.43 Å². The Morgan fingerprint density at radius 1 is 1.73 bits per heavy atom. The Labute approximate surface area is 91.7 Å². The van der Waals surface area contributed by atoms with Crippen molar-refractivity contribution in [2.75, 3.05) is 6.61 Å². The van der Waals surface area contributed by atoms with Crippen molar-refractivity contribution in [3.8, 4) is 6.07 Å². The fourth-order valence-electron chi connectivity index (χ4n) is 0.899. The van der Waals surface area contributed by atoms with E-state index in [1.165, 1.54) is 12.2 Å². The molecule has 1 rings (SSSR count). The molecular weight excluding hydrogens is 218 g/mol. The summed E-state index contributed by atoms with van der Waals surface area (Å²) in [7, 11) is 0. The van der Waals surface area contributed by atoms with Gasteiger partial charge in [-0.2, -0.15) is 10.4 Å². The number of hydrazone groups is 1. The number of hydrogen-bond acceptors (Lipinski definition) is 5. The lowest BCUT2D eigenvalue weighted by molar-refractivity contribution is -0.138. The Kier molecular flexibility index (Phi) is 3.89. The van der Waals surface area contributed by atoms with Crippen LogP contribution in [0.4, 0.5) is 0 Å². The first-order valence-electron chi connectivity index (χ1n) is 4.17. The van der Waals surface area contributed by atoms with E-state index >= 15 is 0 Å². The van der Waals surface area contributed by atoms with Crippen LogP contribution in [0.25, 0.3) is 0 Å². The van der Waals surface area contributed by atoms with Crippen molar-refractivity contribution >= 4 is 22.7 Å². The molecule has 0 unspecified atom stereocenters. The van der Waals surface area contributed by atoms with E-state index in [2.05, 4.69) is 10.5 Å². The molecule has 0 aromatic heterocycles. The Bertz CT molecular complexity index is 404. The fourth-order valence-corrected chi connectivity index (χ4v) is 1.00. The third-order valence-electron chi connectivity index (χ3n) is 1.53. The zero-order valence-electron chi connectivity index (χ0n) is 7.95. The minimum Gasteiger partial charge on any atom is -0.462 e. The molecular formula is C9H8ClN3O2. The van der Waals surface area contributed by atoms with Gasteiger partial charge in [-0.05, 0) is 19.1 Å². The second kappa shape index (κ2) is 5.17. The number of halogens is 1. The van der Waals surface area contributed by atoms with Gasteiger partial charge in [-0.25, -0.2) is 4.79 Å². The highest BCUT2D eigenvalue weighted by Crippen LogP contribution is 2.09. The highest BCUT2D eigenvalue weighted by molar-refractivity contribution is 6.68. The van der Waals surface area contributed by atoms with Crippen LogP contribution >= 0.6 is 11.6 Å². The molecule has 0 fully saturated rings. The maximum absolute atomic E-state index is 11.3. The Morgan fingerprint density at radius 2 is 2.47 bits per heavy atom. The first-order chi connectivity index (χ1) is 7.19. The number of nitrogens with one attached hydrogen (secondary N) is 1. The summed E-state index contributed by atoms with van der Waals surface area (Å²) >= 11 is 5.55. The molecule has 1 aliphatic heterocycles. The predicted molar refractivity (Wildman–Crippen MR) is 54.8 cm³/mol. The van der Waals surface area contributed by atoms with Gasteiger partial charge >= 0.3 is 5.97 Å². The van der Waals surface area contributed by atoms with Crippen LogP contribution in [0.2, 0.25) is 0 Å². The molecule has 0 amide bonds. The number of carbonyl (C=O) groups excluding carboxylic acids is 1. The predicted octanol–water partition coefficient (Wildman–Crippen LogP) is 1.04. The van der Waals surface area contributed by atoms with Crippen LogP contribution in [-0.2, 0) is 9.53 Å². The number of nitrogens with zero attached hydrogens (tertiary/aromatic N) is 2. The summed E-state index contributed by atoms with van der Waals surface area (Å²) in [5.74, 6) is -0.680. The van der Waals surface area contributed by atoms with E-state index in [0.717, 1.165) is 0 Å². The average Bonchev–Trinajstić information content (AvgIpc) is 2.22. The minimum absolute atomic E-state index is 0.124. The van der Waals surface area contributed by atoms with Crippen molar-refractivity contribution < 1.29 is 9.53 Å². The highest BCUT2D eigenvalue weighted by atomic mass is 35.5. The Hall–Kier alpha value is -1.80. The molecule has 0 saturated heterocycles. The largest absolute Gasteiger partial charge is 0.462 e. The number of hydrogen-bond donors (Lipinski definition) is 1. The van der Waals surface area contributed by atoms with E-state index in [1.54, 1.807) is 13.0 Å². The van der Waals surface area contributed by atoms with E-state index < -0.39 is 5.97 Å². The van der Waals surface area contributed by atoms with Crippen molar-refractivity contribution in [2.45, 2.75) is 6.92 Å². The van der Waals surface area contributed by atoms with Crippen molar-refractivity contribution in [2.24, 2.45) is 5.10 Å². The Morgan fingerprint density at radius 3 is 2.93 bits per heavy atom. The van der Waals surface area contributed by atoms with Gasteiger partial charge in [0.15, 0.2) is 5.57 Å². The number of carbonyl (C=O) groups is 1. The van der Waals surface area contributed by atoms with Crippen LogP contribution in [0, 0.1) is 11.3 Å². The molecule has 0 aromatic rings. The van der Waals surface area contributed by atoms with E-state index in [1.807, 2.05) is 0 Å². The van der Waals surface area contributed by atoms with E-state index in [0.29, 0.717) is 0 Å². The lowest BCUT2D eigenvalue weighted by atomic mass is 10.2. The molecule has 0 radical (unpaired) electrons. The summed E-state index contributed by atoms with van der Waals surface area (Å²) in [6.07, 6.45) is 2.97. The SMILES string of the molecule is CCOC(=O)C(C#N)=C1C=CC(Cl)=NN1. The average molecular weight is 226 g/mol. The lowest BCUT2D eigenvalue weighted by Gasteiger charge is -2.08. The molecule has 0 aliphatic carbocycles. The van der Waals surface area contributed by atoms with E-state index in [4.69, 9.17) is 21.6 Å². The summed E-state index contributed by atoms with van der Waals surface area (Å²) in [6, 6.07) is 1.75. The van der Waals surface area contributed by atoms with Gasteiger partial charge in [-0.1, -0.05) is 11.6 Å². The van der Waals surface area contributed by atoms with Crippen LogP contribution < -0.4 is 5.43 Å². The van der Waals surface area contributed by atoms with Gasteiger partial charge in [0.2, 0.25) is 0 Å². The molecule has 1 N–H and O–H groups in total. The monoisotopic (exact) mass is 225 g/mol. The van der Waals surface area contributed by atoms with Gasteiger partial charge in [-0.15, -0.1) is 0 Å². The normalized spacial score (nSPS) is 17.3. The first kappa shape index (κ1) is 11.3. The number of allylic oxidation sites excluding steroid dienone is 2. The summed E-state index contributed by atoms with van der Waals surface area (Å²) < 4.78 is 4.70. The van der Waals surface area contributed by atoms with Gasteiger partial charge in [0.05, 0.1) is 12.3 Å². The molecule has 6 heteroatoms. The first-order valence-corrected chi connectivity index (χ1v) is 4.55. The van der Waals surface area contributed by atoms with Gasteiger partial charge in [0.25, 0.3) is 0 Å². The highest BCUT2D eigenvalue weighted by Gasteiger charge is 2.16. The zero-order valence-corrected chi connectivity index (χ0v) is 8.71. The maximum Gasteiger partial charge on any atom is 0.351 e. The van der Waals surface area contributed by atoms with Crippen LogP contribution in [0.5, 0.6) is 0 Å². The second-order valence-corrected chi connectivity index (χ2v) is 2.89. The van der Waals surface area contributed by atoms with Crippen LogP contribution in [0.3, 0.4) is 0 Å². The summed E-state index contributed by atoms with van der Waals surface area (Å²) in [4.78, 5) is 11.3. The number of nitriles is 1. The van der Waals surface area contributed by atoms with Gasteiger partial charge in [0.1, 0.15) is 11.2 Å². The topological polar surface area (TPSA) is 74.5 Å².